The summed E-state index contributed by atoms with van der Waals surface area (Å²) in [5, 5.41) is 22.6. The second kappa shape index (κ2) is 9.92. The summed E-state index contributed by atoms with van der Waals surface area (Å²) in [5.74, 6) is -0.720. The lowest BCUT2D eigenvalue weighted by Gasteiger charge is -2.01. The predicted molar refractivity (Wildman–Crippen MR) is 89.9 cm³/mol. The van der Waals surface area contributed by atoms with Gasteiger partial charge < -0.3 is 15.5 Å². The zero-order valence-electron chi connectivity index (χ0n) is 13.2. The summed E-state index contributed by atoms with van der Waals surface area (Å²) in [6.07, 6.45) is 1.78. The molecule has 4 heteroatoms. The summed E-state index contributed by atoms with van der Waals surface area (Å²) in [5.41, 5.74) is 0.994. The minimum atomic E-state index is -0.720. The van der Waals surface area contributed by atoms with E-state index in [9.17, 15) is 4.79 Å². The fraction of sp³-hybridized carbons (Fsp3) is 0.389. The fourth-order valence-electron chi connectivity index (χ4n) is 2.33. The Morgan fingerprint density at radius 1 is 1.18 bits per heavy atom. The molecular formula is C18H25NO3. The molecule has 0 radical (unpaired) electrons. The van der Waals surface area contributed by atoms with Crippen molar-refractivity contribution < 1.29 is 15.0 Å². The number of carboxylic acid groups (broad SMARTS) is 1. The molecule has 4 nitrogen and oxygen atoms in total. The maximum atomic E-state index is 10.1. The van der Waals surface area contributed by atoms with E-state index in [4.69, 9.17) is 10.2 Å². The number of carbonyl (C=O) groups is 1. The Hall–Kier alpha value is -1.91. The van der Waals surface area contributed by atoms with Gasteiger partial charge in [0.05, 0.1) is 6.61 Å². The van der Waals surface area contributed by atoms with Gasteiger partial charge >= 0.3 is 5.97 Å². The lowest BCUT2D eigenvalue weighted by molar-refractivity contribution is -0.139. The van der Waals surface area contributed by atoms with E-state index in [1.54, 1.807) is 0 Å². The molecule has 1 saturated heterocycles. The minimum Gasteiger partial charge on any atom is -0.480 e. The SMILES string of the molecule is CC.O=C(O)C1CCCN1.OCc1cccc2ccccc12. The van der Waals surface area contributed by atoms with Crippen LogP contribution in [-0.4, -0.2) is 28.8 Å². The molecule has 0 spiro atoms. The highest BCUT2D eigenvalue weighted by Gasteiger charge is 2.20. The van der Waals surface area contributed by atoms with E-state index in [1.807, 2.05) is 44.2 Å². The van der Waals surface area contributed by atoms with Crippen LogP contribution in [0, 0.1) is 0 Å². The molecule has 2 aromatic rings. The maximum absolute atomic E-state index is 10.1. The summed E-state index contributed by atoms with van der Waals surface area (Å²) in [6.45, 7) is 4.97. The van der Waals surface area contributed by atoms with Gasteiger partial charge in [0.25, 0.3) is 0 Å². The quantitative estimate of drug-likeness (QED) is 0.797. The largest absolute Gasteiger partial charge is 0.480 e. The average molecular weight is 303 g/mol. The summed E-state index contributed by atoms with van der Waals surface area (Å²) >= 11 is 0. The fourth-order valence-corrected chi connectivity index (χ4v) is 2.33. The highest BCUT2D eigenvalue weighted by Crippen LogP contribution is 2.17. The van der Waals surface area contributed by atoms with Crippen molar-refractivity contribution in [3.63, 3.8) is 0 Å². The van der Waals surface area contributed by atoms with E-state index in [2.05, 4.69) is 17.4 Å². The van der Waals surface area contributed by atoms with Crippen molar-refractivity contribution in [2.75, 3.05) is 6.54 Å². The molecule has 2 aromatic carbocycles. The smallest absolute Gasteiger partial charge is 0.320 e. The van der Waals surface area contributed by atoms with Gasteiger partial charge in [0.15, 0.2) is 0 Å². The Morgan fingerprint density at radius 3 is 2.41 bits per heavy atom. The Labute approximate surface area is 131 Å². The van der Waals surface area contributed by atoms with Crippen molar-refractivity contribution in [1.82, 2.24) is 5.32 Å². The molecule has 0 aliphatic carbocycles. The van der Waals surface area contributed by atoms with Crippen LogP contribution in [0.3, 0.4) is 0 Å². The molecule has 1 aliphatic rings. The Morgan fingerprint density at radius 2 is 1.86 bits per heavy atom. The lowest BCUT2D eigenvalue weighted by atomic mass is 10.1. The van der Waals surface area contributed by atoms with Crippen LogP contribution in [0.5, 0.6) is 0 Å². The molecule has 1 fully saturated rings. The van der Waals surface area contributed by atoms with Crippen LogP contribution in [0.25, 0.3) is 10.8 Å². The van der Waals surface area contributed by atoms with Crippen LogP contribution in [-0.2, 0) is 11.4 Å². The van der Waals surface area contributed by atoms with Crippen molar-refractivity contribution >= 4 is 16.7 Å². The summed E-state index contributed by atoms with van der Waals surface area (Å²) in [4.78, 5) is 10.1. The zero-order chi connectivity index (χ0) is 16.4. The minimum absolute atomic E-state index is 0.112. The summed E-state index contributed by atoms with van der Waals surface area (Å²) in [7, 11) is 0. The van der Waals surface area contributed by atoms with Crippen molar-refractivity contribution in [2.24, 2.45) is 0 Å². The molecule has 1 heterocycles. The van der Waals surface area contributed by atoms with Crippen LogP contribution in [0.1, 0.15) is 32.3 Å². The molecule has 1 unspecified atom stereocenters. The van der Waals surface area contributed by atoms with Crippen molar-refractivity contribution in [2.45, 2.75) is 39.3 Å². The monoisotopic (exact) mass is 303 g/mol. The molecular weight excluding hydrogens is 278 g/mol. The summed E-state index contributed by atoms with van der Waals surface area (Å²) < 4.78 is 0. The molecule has 3 N–H and O–H groups in total. The molecule has 0 saturated carbocycles. The number of aliphatic hydroxyl groups is 1. The van der Waals surface area contributed by atoms with Gasteiger partial charge in [-0.2, -0.15) is 0 Å². The first kappa shape index (κ1) is 18.1. The molecule has 3 rings (SSSR count). The second-order valence-corrected chi connectivity index (χ2v) is 4.78. The van der Waals surface area contributed by atoms with E-state index < -0.39 is 5.97 Å². The van der Waals surface area contributed by atoms with Crippen LogP contribution in [0.15, 0.2) is 42.5 Å². The number of carboxylic acids is 1. The molecule has 0 aromatic heterocycles. The van der Waals surface area contributed by atoms with Crippen molar-refractivity contribution in [3.05, 3.63) is 48.0 Å². The van der Waals surface area contributed by atoms with Gasteiger partial charge in [-0.15, -0.1) is 0 Å². The number of fused-ring (bicyclic) bond motifs is 1. The molecule has 0 amide bonds. The van der Waals surface area contributed by atoms with E-state index >= 15 is 0 Å². The molecule has 1 aliphatic heterocycles. The number of hydrogen-bond acceptors (Lipinski definition) is 3. The molecule has 22 heavy (non-hydrogen) atoms. The number of hydrogen-bond donors (Lipinski definition) is 3. The van der Waals surface area contributed by atoms with Crippen LogP contribution in [0.4, 0.5) is 0 Å². The number of nitrogens with one attached hydrogen (secondary N) is 1. The Kier molecular flexibility index (Phi) is 8.18. The van der Waals surface area contributed by atoms with Crippen LogP contribution in [0.2, 0.25) is 0 Å². The number of rotatable bonds is 2. The first-order valence-corrected chi connectivity index (χ1v) is 7.76. The molecule has 1 atom stereocenters. The number of aliphatic hydroxyl groups excluding tert-OH is 1. The van der Waals surface area contributed by atoms with Gasteiger partial charge in [0.2, 0.25) is 0 Å². The first-order valence-electron chi connectivity index (χ1n) is 7.76. The van der Waals surface area contributed by atoms with E-state index in [-0.39, 0.29) is 12.6 Å². The predicted octanol–water partition coefficient (Wildman–Crippen LogP) is 3.18. The Bertz CT molecular complexity index is 572. The third-order valence-corrected chi connectivity index (χ3v) is 3.41. The van der Waals surface area contributed by atoms with Crippen molar-refractivity contribution in [1.29, 1.82) is 0 Å². The van der Waals surface area contributed by atoms with Crippen LogP contribution < -0.4 is 5.32 Å². The van der Waals surface area contributed by atoms with E-state index in [1.165, 1.54) is 5.39 Å². The topological polar surface area (TPSA) is 69.6 Å². The van der Waals surface area contributed by atoms with Gasteiger partial charge in [-0.1, -0.05) is 56.3 Å². The highest BCUT2D eigenvalue weighted by molar-refractivity contribution is 5.85. The van der Waals surface area contributed by atoms with Gasteiger partial charge in [0.1, 0.15) is 6.04 Å². The maximum Gasteiger partial charge on any atom is 0.320 e. The molecule has 120 valence electrons. The van der Waals surface area contributed by atoms with Gasteiger partial charge in [-0.05, 0) is 35.7 Å². The van der Waals surface area contributed by atoms with Gasteiger partial charge in [-0.3, -0.25) is 4.79 Å². The molecule has 0 bridgehead atoms. The third kappa shape index (κ3) is 5.13. The van der Waals surface area contributed by atoms with Gasteiger partial charge in [0, 0.05) is 0 Å². The van der Waals surface area contributed by atoms with Crippen LogP contribution >= 0.6 is 0 Å². The number of aliphatic carboxylic acids is 1. The Balaban J connectivity index is 0.000000211. The second-order valence-electron chi connectivity index (χ2n) is 4.78. The zero-order valence-corrected chi connectivity index (χ0v) is 13.2. The average Bonchev–Trinajstić information content (AvgIpc) is 3.11. The van der Waals surface area contributed by atoms with E-state index in [0.29, 0.717) is 0 Å². The number of benzene rings is 2. The third-order valence-electron chi connectivity index (χ3n) is 3.41. The first-order chi connectivity index (χ1) is 10.7. The van der Waals surface area contributed by atoms with Gasteiger partial charge in [-0.25, -0.2) is 0 Å². The normalized spacial score (nSPS) is 16.2. The highest BCUT2D eigenvalue weighted by atomic mass is 16.4. The van der Waals surface area contributed by atoms with Crippen molar-refractivity contribution in [3.8, 4) is 0 Å². The standard InChI is InChI=1S/C11H10O.C5H9NO2.C2H6/c12-8-10-6-3-5-9-4-1-2-7-11(9)10;7-5(8)4-2-1-3-6-4;1-2/h1-7,12H,8H2;4,6H,1-3H2,(H,7,8);1-2H3. The summed E-state index contributed by atoms with van der Waals surface area (Å²) in [6, 6.07) is 13.8. The lowest BCUT2D eigenvalue weighted by Crippen LogP contribution is -2.29. The van der Waals surface area contributed by atoms with E-state index in [0.717, 1.165) is 30.3 Å².